The van der Waals surface area contributed by atoms with Gasteiger partial charge in [0.25, 0.3) is 0 Å². The number of esters is 2. The van der Waals surface area contributed by atoms with Crippen LogP contribution < -0.4 is 9.47 Å². The van der Waals surface area contributed by atoms with Gasteiger partial charge in [0.1, 0.15) is 11.5 Å². The lowest BCUT2D eigenvalue weighted by Gasteiger charge is -2.12. The molecule has 0 aliphatic rings. The highest BCUT2D eigenvalue weighted by atomic mass is 79.9. The summed E-state index contributed by atoms with van der Waals surface area (Å²) in [6.07, 6.45) is 0.0259. The van der Waals surface area contributed by atoms with E-state index in [0.29, 0.717) is 38.2 Å². The molecule has 0 aromatic heterocycles. The molecular weight excluding hydrogens is 468 g/mol. The fourth-order valence-corrected chi connectivity index (χ4v) is 2.99. The normalized spacial score (nSPS) is 10.5. The van der Waals surface area contributed by atoms with Crippen LogP contribution in [0.15, 0.2) is 45.3 Å². The minimum atomic E-state index is -0.522. The van der Waals surface area contributed by atoms with E-state index in [4.69, 9.17) is 14.2 Å². The van der Waals surface area contributed by atoms with Crippen molar-refractivity contribution in [1.82, 2.24) is 0 Å². The van der Waals surface area contributed by atoms with E-state index in [2.05, 4.69) is 31.9 Å². The van der Waals surface area contributed by atoms with Gasteiger partial charge in [-0.2, -0.15) is 0 Å². The van der Waals surface area contributed by atoms with E-state index in [1.54, 1.807) is 43.3 Å². The van der Waals surface area contributed by atoms with Gasteiger partial charge in [-0.25, -0.2) is 9.59 Å². The summed E-state index contributed by atoms with van der Waals surface area (Å²) in [6.45, 7) is 5.87. The zero-order valence-electron chi connectivity index (χ0n) is 14.5. The van der Waals surface area contributed by atoms with E-state index < -0.39 is 11.9 Å². The number of hydrogen-bond donors (Lipinski definition) is 0. The van der Waals surface area contributed by atoms with Gasteiger partial charge < -0.3 is 14.2 Å². The van der Waals surface area contributed by atoms with Gasteiger partial charge in [0.05, 0.1) is 32.8 Å². The topological polar surface area (TPSA) is 61.8 Å². The van der Waals surface area contributed by atoms with E-state index in [9.17, 15) is 9.59 Å². The molecule has 0 spiro atoms. The monoisotopic (exact) mass is 484 g/mol. The van der Waals surface area contributed by atoms with E-state index in [1.807, 2.05) is 13.8 Å². The second kappa shape index (κ2) is 9.19. The van der Waals surface area contributed by atoms with Gasteiger partial charge in [-0.1, -0.05) is 0 Å². The maximum atomic E-state index is 12.4. The lowest BCUT2D eigenvalue weighted by Crippen LogP contribution is -2.11. The maximum Gasteiger partial charge on any atom is 0.343 e. The molecule has 0 unspecified atom stereocenters. The summed E-state index contributed by atoms with van der Waals surface area (Å²) in [5.41, 5.74) is 0.741. The second-order valence-corrected chi connectivity index (χ2v) is 7.28. The zero-order valence-corrected chi connectivity index (χ0v) is 17.7. The molecule has 138 valence electrons. The van der Waals surface area contributed by atoms with Crippen LogP contribution in [0.2, 0.25) is 0 Å². The molecule has 2 rings (SSSR count). The summed E-state index contributed by atoms with van der Waals surface area (Å²) in [5.74, 6) is 0.000304. The molecular formula is C19H18Br2O5. The Labute approximate surface area is 168 Å². The predicted octanol–water partition coefficient (Wildman–Crippen LogP) is 5.39. The largest absolute Gasteiger partial charge is 0.490 e. The molecule has 0 aliphatic carbocycles. The lowest BCUT2D eigenvalue weighted by atomic mass is 10.2. The average molecular weight is 486 g/mol. The Morgan fingerprint density at radius 3 is 1.96 bits per heavy atom. The van der Waals surface area contributed by atoms with Crippen LogP contribution in [0.1, 0.15) is 41.5 Å². The highest BCUT2D eigenvalue weighted by molar-refractivity contribution is 9.10. The lowest BCUT2D eigenvalue weighted by molar-refractivity contribution is 0.0526. The van der Waals surface area contributed by atoms with Crippen molar-refractivity contribution < 1.29 is 23.8 Å². The Balaban J connectivity index is 2.14. The summed E-state index contributed by atoms with van der Waals surface area (Å²) < 4.78 is 17.1. The first-order valence-electron chi connectivity index (χ1n) is 7.96. The Morgan fingerprint density at radius 2 is 1.46 bits per heavy atom. The first kappa shape index (κ1) is 20.5. The fraction of sp³-hybridized carbons (Fsp3) is 0.263. The molecule has 0 saturated heterocycles. The molecule has 0 amide bonds. The third-order valence-corrected chi connectivity index (χ3v) is 4.42. The van der Waals surface area contributed by atoms with Crippen molar-refractivity contribution in [3.05, 3.63) is 56.5 Å². The van der Waals surface area contributed by atoms with Crippen LogP contribution in [0.25, 0.3) is 0 Å². The van der Waals surface area contributed by atoms with Gasteiger partial charge in [-0.3, -0.25) is 0 Å². The number of carbonyl (C=O) groups excluding carboxylic acids is 2. The Kier molecular flexibility index (Phi) is 7.23. The zero-order chi connectivity index (χ0) is 19.3. The minimum absolute atomic E-state index is 0.0259. The van der Waals surface area contributed by atoms with Gasteiger partial charge in [0, 0.05) is 0 Å². The van der Waals surface area contributed by atoms with Gasteiger partial charge in [-0.05, 0) is 89.0 Å². The molecule has 5 nitrogen and oxygen atoms in total. The molecule has 0 heterocycles. The molecule has 0 radical (unpaired) electrons. The van der Waals surface area contributed by atoms with Crippen molar-refractivity contribution in [3.63, 3.8) is 0 Å². The van der Waals surface area contributed by atoms with E-state index in [-0.39, 0.29) is 6.10 Å². The minimum Gasteiger partial charge on any atom is -0.490 e. The number of ether oxygens (including phenoxy) is 3. The van der Waals surface area contributed by atoms with Crippen LogP contribution in [0, 0.1) is 0 Å². The summed E-state index contributed by atoms with van der Waals surface area (Å²) >= 11 is 6.70. The van der Waals surface area contributed by atoms with Crippen LogP contribution in [0.3, 0.4) is 0 Å². The maximum absolute atomic E-state index is 12.4. The average Bonchev–Trinajstić information content (AvgIpc) is 2.58. The standard InChI is InChI=1S/C19H18Br2O5/c1-4-24-18(22)12-5-8-17(15(21)9-12)26-19(23)13-6-7-16(14(20)10-13)25-11(2)3/h5-11H,4H2,1-3H3. The fourth-order valence-electron chi connectivity index (χ4n) is 2.06. The number of rotatable bonds is 6. The molecule has 0 N–H and O–H groups in total. The van der Waals surface area contributed by atoms with Crippen LogP contribution in [-0.4, -0.2) is 24.6 Å². The van der Waals surface area contributed by atoms with Crippen molar-refractivity contribution in [1.29, 1.82) is 0 Å². The van der Waals surface area contributed by atoms with Crippen LogP contribution in [0.4, 0.5) is 0 Å². The number of halogens is 2. The van der Waals surface area contributed by atoms with E-state index >= 15 is 0 Å². The van der Waals surface area contributed by atoms with Gasteiger partial charge in [-0.15, -0.1) is 0 Å². The Hall–Kier alpha value is -1.86. The van der Waals surface area contributed by atoms with Crippen LogP contribution in [-0.2, 0) is 4.74 Å². The smallest absolute Gasteiger partial charge is 0.343 e. The molecule has 26 heavy (non-hydrogen) atoms. The third-order valence-electron chi connectivity index (χ3n) is 3.18. The SMILES string of the molecule is CCOC(=O)c1ccc(OC(=O)c2ccc(OC(C)C)c(Br)c2)c(Br)c1. The molecule has 7 heteroatoms. The molecule has 2 aromatic rings. The number of carbonyl (C=O) groups is 2. The summed E-state index contributed by atoms with van der Waals surface area (Å²) in [7, 11) is 0. The second-order valence-electron chi connectivity index (χ2n) is 5.57. The Bertz CT molecular complexity index is 818. The van der Waals surface area contributed by atoms with Gasteiger partial charge in [0.2, 0.25) is 0 Å². The van der Waals surface area contributed by atoms with Crippen molar-refractivity contribution >= 4 is 43.8 Å². The summed E-state index contributed by atoms with van der Waals surface area (Å²) in [5, 5.41) is 0. The van der Waals surface area contributed by atoms with Gasteiger partial charge in [0.15, 0.2) is 0 Å². The highest BCUT2D eigenvalue weighted by Gasteiger charge is 2.15. The first-order chi connectivity index (χ1) is 12.3. The van der Waals surface area contributed by atoms with Crippen molar-refractivity contribution in [2.45, 2.75) is 26.9 Å². The summed E-state index contributed by atoms with van der Waals surface area (Å²) in [4.78, 5) is 24.1. The molecule has 0 bridgehead atoms. The molecule has 0 aliphatic heterocycles. The third kappa shape index (κ3) is 5.32. The van der Waals surface area contributed by atoms with Crippen molar-refractivity contribution in [2.75, 3.05) is 6.61 Å². The van der Waals surface area contributed by atoms with E-state index in [0.717, 1.165) is 0 Å². The predicted molar refractivity (Wildman–Crippen MR) is 105 cm³/mol. The number of benzene rings is 2. The molecule has 0 atom stereocenters. The highest BCUT2D eigenvalue weighted by Crippen LogP contribution is 2.30. The van der Waals surface area contributed by atoms with Crippen LogP contribution in [0.5, 0.6) is 11.5 Å². The van der Waals surface area contributed by atoms with Crippen molar-refractivity contribution in [2.24, 2.45) is 0 Å². The molecule has 0 saturated carbocycles. The molecule has 0 fully saturated rings. The summed E-state index contributed by atoms with van der Waals surface area (Å²) in [6, 6.07) is 9.61. The van der Waals surface area contributed by atoms with Crippen LogP contribution >= 0.6 is 31.9 Å². The first-order valence-corrected chi connectivity index (χ1v) is 9.55. The molecule has 2 aromatic carbocycles. The van der Waals surface area contributed by atoms with Gasteiger partial charge >= 0.3 is 11.9 Å². The Morgan fingerprint density at radius 1 is 0.923 bits per heavy atom. The van der Waals surface area contributed by atoms with Crippen molar-refractivity contribution in [3.8, 4) is 11.5 Å². The number of hydrogen-bond acceptors (Lipinski definition) is 5. The van der Waals surface area contributed by atoms with E-state index in [1.165, 1.54) is 0 Å². The quantitative estimate of drug-likeness (QED) is 0.405.